The molecule has 2 nitrogen and oxygen atoms in total. The highest BCUT2D eigenvalue weighted by Gasteiger charge is 2.60. The van der Waals surface area contributed by atoms with Gasteiger partial charge in [0.2, 0.25) is 0 Å². The highest BCUT2D eigenvalue weighted by molar-refractivity contribution is 6.35. The number of rotatable bonds is 6. The summed E-state index contributed by atoms with van der Waals surface area (Å²) in [4.78, 5) is -1.28. The van der Waals surface area contributed by atoms with Crippen LogP contribution < -0.4 is 10.6 Å². The minimum absolute atomic E-state index is 0.116. The molecule has 3 atom stereocenters. The normalized spacial score (nSPS) is 32.3. The van der Waals surface area contributed by atoms with Crippen molar-refractivity contribution in [2.24, 2.45) is 5.41 Å². The van der Waals surface area contributed by atoms with E-state index in [4.69, 9.17) is 23.2 Å². The summed E-state index contributed by atoms with van der Waals surface area (Å²) in [5, 5.41) is 7.34. The second-order valence-corrected chi connectivity index (χ2v) is 10.4. The SMILES string of the molecule is CC(C)NC1CC(C)(C)CC(Cl)(NC(C)C)C1(Cl)Cc1ccccc1. The van der Waals surface area contributed by atoms with Crippen LogP contribution in [0.15, 0.2) is 30.3 Å². The molecule has 142 valence electrons. The zero-order chi connectivity index (χ0) is 18.9. The van der Waals surface area contributed by atoms with Crippen molar-refractivity contribution in [3.05, 3.63) is 35.9 Å². The van der Waals surface area contributed by atoms with Crippen molar-refractivity contribution < 1.29 is 0 Å². The fraction of sp³-hybridized carbons (Fsp3) is 0.714. The molecule has 0 saturated heterocycles. The molecule has 0 bridgehead atoms. The number of halogens is 2. The Balaban J connectivity index is 2.47. The van der Waals surface area contributed by atoms with Gasteiger partial charge < -0.3 is 5.32 Å². The van der Waals surface area contributed by atoms with Crippen molar-refractivity contribution in [1.29, 1.82) is 0 Å². The maximum Gasteiger partial charge on any atom is 0.115 e. The number of benzene rings is 1. The van der Waals surface area contributed by atoms with E-state index in [1.165, 1.54) is 5.56 Å². The molecular formula is C21H34Cl2N2. The summed E-state index contributed by atoms with van der Waals surface area (Å²) < 4.78 is 0. The number of alkyl halides is 2. The second-order valence-electron chi connectivity index (χ2n) is 9.04. The van der Waals surface area contributed by atoms with E-state index in [2.05, 4.69) is 76.4 Å². The Morgan fingerprint density at radius 3 is 2.16 bits per heavy atom. The van der Waals surface area contributed by atoms with Gasteiger partial charge in [-0.25, -0.2) is 0 Å². The lowest BCUT2D eigenvalue weighted by molar-refractivity contribution is 0.0848. The van der Waals surface area contributed by atoms with Gasteiger partial charge in [0.15, 0.2) is 0 Å². The molecule has 0 heterocycles. The van der Waals surface area contributed by atoms with Crippen LogP contribution in [0.5, 0.6) is 0 Å². The van der Waals surface area contributed by atoms with Crippen molar-refractivity contribution in [3.63, 3.8) is 0 Å². The van der Waals surface area contributed by atoms with E-state index in [-0.39, 0.29) is 17.5 Å². The van der Waals surface area contributed by atoms with Crippen LogP contribution in [0.4, 0.5) is 0 Å². The van der Waals surface area contributed by atoms with E-state index in [0.29, 0.717) is 6.04 Å². The minimum atomic E-state index is -0.674. The first-order valence-corrected chi connectivity index (χ1v) is 10.2. The smallest absolute Gasteiger partial charge is 0.115 e. The summed E-state index contributed by atoms with van der Waals surface area (Å²) in [6.07, 6.45) is 2.58. The highest BCUT2D eigenvalue weighted by atomic mass is 35.5. The number of nitrogens with one attached hydrogen (secondary N) is 2. The van der Waals surface area contributed by atoms with Gasteiger partial charge in [0.1, 0.15) is 5.00 Å². The van der Waals surface area contributed by atoms with Gasteiger partial charge in [-0.3, -0.25) is 5.32 Å². The molecule has 4 heteroatoms. The molecule has 0 aliphatic heterocycles. The largest absolute Gasteiger partial charge is 0.310 e. The molecular weight excluding hydrogens is 351 g/mol. The fourth-order valence-electron chi connectivity index (χ4n) is 4.25. The van der Waals surface area contributed by atoms with E-state index in [9.17, 15) is 0 Å². The van der Waals surface area contributed by atoms with Gasteiger partial charge in [0, 0.05) is 18.1 Å². The minimum Gasteiger partial charge on any atom is -0.310 e. The fourth-order valence-corrected chi connectivity index (χ4v) is 5.44. The number of hydrogen-bond acceptors (Lipinski definition) is 2. The lowest BCUT2D eigenvalue weighted by Gasteiger charge is -2.57. The highest BCUT2D eigenvalue weighted by Crippen LogP contribution is 2.53. The van der Waals surface area contributed by atoms with Crippen molar-refractivity contribution in [2.75, 3.05) is 0 Å². The van der Waals surface area contributed by atoms with Crippen LogP contribution in [0.3, 0.4) is 0 Å². The van der Waals surface area contributed by atoms with E-state index in [0.717, 1.165) is 19.3 Å². The number of hydrogen-bond donors (Lipinski definition) is 2. The second kappa shape index (κ2) is 7.76. The molecule has 3 unspecified atom stereocenters. The molecule has 1 aliphatic carbocycles. The van der Waals surface area contributed by atoms with Crippen molar-refractivity contribution in [2.45, 2.75) is 88.8 Å². The molecule has 1 fully saturated rings. The summed E-state index contributed by atoms with van der Waals surface area (Å²) in [6.45, 7) is 13.2. The maximum atomic E-state index is 7.44. The molecule has 2 N–H and O–H groups in total. The quantitative estimate of drug-likeness (QED) is 0.511. The van der Waals surface area contributed by atoms with Crippen LogP contribution in [-0.2, 0) is 6.42 Å². The first-order valence-electron chi connectivity index (χ1n) is 9.43. The monoisotopic (exact) mass is 384 g/mol. The molecule has 1 aliphatic rings. The van der Waals surface area contributed by atoms with Gasteiger partial charge in [0.25, 0.3) is 0 Å². The average molecular weight is 385 g/mol. The molecule has 0 aromatic heterocycles. The summed E-state index contributed by atoms with van der Waals surface area (Å²) in [6, 6.07) is 11.2. The molecule has 1 saturated carbocycles. The van der Waals surface area contributed by atoms with Gasteiger partial charge in [-0.2, -0.15) is 0 Å². The van der Waals surface area contributed by atoms with Crippen LogP contribution in [0, 0.1) is 5.41 Å². The summed E-state index contributed by atoms with van der Waals surface area (Å²) >= 11 is 14.7. The van der Waals surface area contributed by atoms with Gasteiger partial charge in [0.05, 0.1) is 4.87 Å². The zero-order valence-corrected chi connectivity index (χ0v) is 18.0. The van der Waals surface area contributed by atoms with Crippen LogP contribution in [0.1, 0.15) is 59.9 Å². The molecule has 0 amide bonds. The van der Waals surface area contributed by atoms with E-state index in [1.54, 1.807) is 0 Å². The predicted molar refractivity (Wildman–Crippen MR) is 111 cm³/mol. The van der Waals surface area contributed by atoms with Crippen LogP contribution in [0.2, 0.25) is 0 Å². The van der Waals surface area contributed by atoms with Crippen LogP contribution >= 0.6 is 23.2 Å². The average Bonchev–Trinajstić information content (AvgIpc) is 2.43. The predicted octanol–water partition coefficient (Wildman–Crippen LogP) is 5.33. The molecule has 0 spiro atoms. The third kappa shape index (κ3) is 4.91. The molecule has 1 aromatic carbocycles. The van der Waals surface area contributed by atoms with Crippen molar-refractivity contribution >= 4 is 23.2 Å². The van der Waals surface area contributed by atoms with Gasteiger partial charge in [-0.1, -0.05) is 58.0 Å². The molecule has 25 heavy (non-hydrogen) atoms. The third-order valence-electron chi connectivity index (χ3n) is 5.05. The lowest BCUT2D eigenvalue weighted by atomic mass is 9.64. The standard InChI is InChI=1S/C21H34Cl2N2/c1-15(2)24-18-13-19(5,6)14-21(23,25-16(3)4)20(18,22)12-17-10-8-7-9-11-17/h7-11,15-16,18,24-25H,12-14H2,1-6H3. The van der Waals surface area contributed by atoms with Gasteiger partial charge >= 0.3 is 0 Å². The van der Waals surface area contributed by atoms with E-state index < -0.39 is 9.87 Å². The van der Waals surface area contributed by atoms with Gasteiger partial charge in [-0.15, -0.1) is 23.2 Å². The summed E-state index contributed by atoms with van der Waals surface area (Å²) in [7, 11) is 0. The first kappa shape index (κ1) is 21.0. The lowest BCUT2D eigenvalue weighted by Crippen LogP contribution is -2.72. The Hall–Kier alpha value is -0.280. The van der Waals surface area contributed by atoms with E-state index >= 15 is 0 Å². The first-order chi connectivity index (χ1) is 11.5. The van der Waals surface area contributed by atoms with Crippen LogP contribution in [-0.4, -0.2) is 28.0 Å². The zero-order valence-electron chi connectivity index (χ0n) is 16.5. The Labute approximate surface area is 164 Å². The van der Waals surface area contributed by atoms with E-state index in [1.807, 2.05) is 6.07 Å². The Morgan fingerprint density at radius 2 is 1.64 bits per heavy atom. The van der Waals surface area contributed by atoms with Crippen molar-refractivity contribution in [1.82, 2.24) is 10.6 Å². The Kier molecular flexibility index (Phi) is 6.53. The summed E-state index contributed by atoms with van der Waals surface area (Å²) in [5.41, 5.74) is 1.34. The topological polar surface area (TPSA) is 24.1 Å². The third-order valence-corrected chi connectivity index (χ3v) is 6.44. The molecule has 0 radical (unpaired) electrons. The van der Waals surface area contributed by atoms with Crippen LogP contribution in [0.25, 0.3) is 0 Å². The van der Waals surface area contributed by atoms with Crippen molar-refractivity contribution in [3.8, 4) is 0 Å². The Morgan fingerprint density at radius 1 is 1.04 bits per heavy atom. The summed E-state index contributed by atoms with van der Waals surface area (Å²) in [5.74, 6) is 0. The Bertz CT molecular complexity index is 558. The molecule has 2 rings (SSSR count). The van der Waals surface area contributed by atoms with Gasteiger partial charge in [-0.05, 0) is 44.1 Å². The molecule has 1 aromatic rings. The maximum absolute atomic E-state index is 7.44.